The Morgan fingerprint density at radius 3 is 2.83 bits per heavy atom. The molecule has 2 rings (SSSR count). The van der Waals surface area contributed by atoms with Crippen molar-refractivity contribution in [1.29, 1.82) is 5.26 Å². The first-order valence-electron chi connectivity index (χ1n) is 7.53. The van der Waals surface area contributed by atoms with Gasteiger partial charge in [0.1, 0.15) is 11.6 Å². The predicted molar refractivity (Wildman–Crippen MR) is 87.0 cm³/mol. The highest BCUT2D eigenvalue weighted by molar-refractivity contribution is 5.97. The lowest BCUT2D eigenvalue weighted by Gasteiger charge is -2.05. The molecule has 0 fully saturated rings. The quantitative estimate of drug-likeness (QED) is 0.356. The van der Waals surface area contributed by atoms with Gasteiger partial charge in [0.05, 0.1) is 0 Å². The topological polar surface area (TPSA) is 120 Å². The molecule has 8 nitrogen and oxygen atoms in total. The van der Waals surface area contributed by atoms with Crippen molar-refractivity contribution in [2.24, 2.45) is 0 Å². The molecule has 2 N–H and O–H groups in total. The second kappa shape index (κ2) is 8.43. The van der Waals surface area contributed by atoms with Crippen molar-refractivity contribution in [2.45, 2.75) is 32.9 Å². The molecule has 1 aromatic carbocycles. The van der Waals surface area contributed by atoms with Crippen LogP contribution < -0.4 is 5.73 Å². The van der Waals surface area contributed by atoms with Gasteiger partial charge in [-0.15, -0.1) is 5.10 Å². The number of unbranched alkanes of at least 4 members (excludes halogenated alkanes) is 1. The van der Waals surface area contributed by atoms with Crippen molar-refractivity contribution in [3.63, 3.8) is 0 Å². The number of nitrogen functional groups attached to an aromatic ring is 1. The summed E-state index contributed by atoms with van der Waals surface area (Å²) in [6.07, 6.45) is 3.37. The van der Waals surface area contributed by atoms with Crippen molar-refractivity contribution < 1.29 is 9.53 Å². The fourth-order valence-electron chi connectivity index (χ4n) is 1.91. The molecule has 8 heteroatoms. The molecule has 124 valence electrons. The number of nitrogens with zero attached hydrogens (tertiary/aromatic N) is 5. The highest BCUT2D eigenvalue weighted by atomic mass is 16.5. The van der Waals surface area contributed by atoms with E-state index in [4.69, 9.17) is 15.7 Å². The molecule has 24 heavy (non-hydrogen) atoms. The number of nitriles is 1. The fraction of sp³-hybridized carbons (Fsp3) is 0.312. The van der Waals surface area contributed by atoms with Crippen molar-refractivity contribution in [1.82, 2.24) is 20.2 Å². The van der Waals surface area contributed by atoms with Crippen LogP contribution in [0.5, 0.6) is 0 Å². The molecular weight excluding hydrogens is 308 g/mol. The van der Waals surface area contributed by atoms with E-state index in [9.17, 15) is 4.79 Å². The van der Waals surface area contributed by atoms with E-state index in [2.05, 4.69) is 22.4 Å². The van der Waals surface area contributed by atoms with E-state index in [1.807, 2.05) is 6.07 Å². The van der Waals surface area contributed by atoms with E-state index in [0.717, 1.165) is 12.8 Å². The minimum atomic E-state index is -0.723. The number of anilines is 1. The van der Waals surface area contributed by atoms with E-state index < -0.39 is 5.97 Å². The van der Waals surface area contributed by atoms with Gasteiger partial charge in [0.25, 0.3) is 0 Å². The van der Waals surface area contributed by atoms with Crippen LogP contribution in [-0.2, 0) is 22.7 Å². The lowest BCUT2D eigenvalue weighted by molar-refractivity contribution is -0.140. The molecule has 0 radical (unpaired) electrons. The number of carbonyl (C=O) groups excluding carboxylic acids is 1. The van der Waals surface area contributed by atoms with Crippen LogP contribution in [0.15, 0.2) is 29.8 Å². The van der Waals surface area contributed by atoms with Crippen LogP contribution in [-0.4, -0.2) is 26.2 Å². The number of nitrogens with two attached hydrogens (primary N) is 1. The van der Waals surface area contributed by atoms with Gasteiger partial charge >= 0.3 is 5.97 Å². The van der Waals surface area contributed by atoms with Crippen LogP contribution in [0.2, 0.25) is 0 Å². The number of aromatic nitrogens is 4. The number of carbonyl (C=O) groups is 1. The molecule has 0 bridgehead atoms. The van der Waals surface area contributed by atoms with Gasteiger partial charge in [0.2, 0.25) is 0 Å². The first kappa shape index (κ1) is 17.1. The Kier molecular flexibility index (Phi) is 6.02. The number of aryl methyl sites for hydroxylation is 1. The summed E-state index contributed by atoms with van der Waals surface area (Å²) in [6.45, 7) is 2.63. The molecule has 0 unspecified atom stereocenters. The van der Waals surface area contributed by atoms with E-state index in [-0.39, 0.29) is 12.2 Å². The number of rotatable bonds is 7. The summed E-state index contributed by atoms with van der Waals surface area (Å²) in [6, 6.07) is 8.64. The van der Waals surface area contributed by atoms with E-state index in [0.29, 0.717) is 23.6 Å². The number of esters is 1. The Morgan fingerprint density at radius 2 is 2.17 bits per heavy atom. The predicted octanol–water partition coefficient (Wildman–Crippen LogP) is 1.71. The monoisotopic (exact) mass is 326 g/mol. The highest BCUT2D eigenvalue weighted by Gasteiger charge is 2.14. The van der Waals surface area contributed by atoms with Gasteiger partial charge in [0.15, 0.2) is 12.4 Å². The molecule has 0 amide bonds. The van der Waals surface area contributed by atoms with E-state index >= 15 is 0 Å². The Balaban J connectivity index is 2.01. The van der Waals surface area contributed by atoms with Crippen LogP contribution in [0.4, 0.5) is 5.69 Å². The van der Waals surface area contributed by atoms with Gasteiger partial charge in [-0.05, 0) is 40.6 Å². The van der Waals surface area contributed by atoms with Crippen LogP contribution in [0.1, 0.15) is 31.2 Å². The molecule has 1 aromatic heterocycles. The molecule has 0 atom stereocenters. The first-order chi connectivity index (χ1) is 11.6. The van der Waals surface area contributed by atoms with Gasteiger partial charge < -0.3 is 10.5 Å². The largest absolute Gasteiger partial charge is 0.453 e. The second-order valence-electron chi connectivity index (χ2n) is 5.08. The molecular formula is C16H18N6O2. The molecule has 0 aliphatic rings. The van der Waals surface area contributed by atoms with Crippen LogP contribution >= 0.6 is 0 Å². The van der Waals surface area contributed by atoms with Crippen molar-refractivity contribution in [3.8, 4) is 6.07 Å². The Bertz CT molecular complexity index is 758. The van der Waals surface area contributed by atoms with Gasteiger partial charge in [-0.3, -0.25) is 0 Å². The van der Waals surface area contributed by atoms with Gasteiger partial charge in [0, 0.05) is 12.2 Å². The molecule has 0 aliphatic carbocycles. The first-order valence-corrected chi connectivity index (χ1v) is 7.53. The number of hydrogen-bond acceptors (Lipinski definition) is 7. The lowest BCUT2D eigenvalue weighted by Crippen LogP contribution is -2.12. The third-order valence-electron chi connectivity index (χ3n) is 3.25. The smallest absolute Gasteiger partial charge is 0.349 e. The van der Waals surface area contributed by atoms with E-state index in [1.165, 1.54) is 6.08 Å². The zero-order valence-electron chi connectivity index (χ0n) is 13.3. The number of hydrogen-bond donors (Lipinski definition) is 1. The van der Waals surface area contributed by atoms with Gasteiger partial charge in [-0.1, -0.05) is 25.5 Å². The third-order valence-corrected chi connectivity index (χ3v) is 3.25. The molecule has 0 spiro atoms. The summed E-state index contributed by atoms with van der Waals surface area (Å²) < 4.78 is 6.73. The minimum absolute atomic E-state index is 0.0870. The van der Waals surface area contributed by atoms with Crippen molar-refractivity contribution in [3.05, 3.63) is 41.2 Å². The van der Waals surface area contributed by atoms with Crippen molar-refractivity contribution in [2.75, 3.05) is 5.73 Å². The third kappa shape index (κ3) is 4.64. The maximum Gasteiger partial charge on any atom is 0.349 e. The lowest BCUT2D eigenvalue weighted by atomic mass is 10.1. The van der Waals surface area contributed by atoms with Gasteiger partial charge in [-0.25, -0.2) is 9.48 Å². The Hall–Kier alpha value is -3.21. The second-order valence-corrected chi connectivity index (χ2v) is 5.08. The zero-order valence-corrected chi connectivity index (χ0v) is 13.3. The normalized spacial score (nSPS) is 11.1. The summed E-state index contributed by atoms with van der Waals surface area (Å²) in [7, 11) is 0. The van der Waals surface area contributed by atoms with Crippen LogP contribution in [0, 0.1) is 11.3 Å². The summed E-state index contributed by atoms with van der Waals surface area (Å²) >= 11 is 0. The molecule has 2 aromatic rings. The standard InChI is InChI=1S/C16H18N6O2/c1-2-3-8-22-15(19-20-21-22)11-24-16(23)13(10-17)9-12-4-6-14(18)7-5-12/h4-7,9H,2-3,8,11,18H2,1H3. The maximum atomic E-state index is 12.1. The number of tetrazole rings is 1. The average Bonchev–Trinajstić information content (AvgIpc) is 3.04. The summed E-state index contributed by atoms with van der Waals surface area (Å²) in [4.78, 5) is 12.1. The average molecular weight is 326 g/mol. The minimum Gasteiger partial charge on any atom is -0.453 e. The van der Waals surface area contributed by atoms with Crippen LogP contribution in [0.3, 0.4) is 0 Å². The summed E-state index contributed by atoms with van der Waals surface area (Å²) in [5.74, 6) is -0.277. The zero-order chi connectivity index (χ0) is 17.4. The maximum absolute atomic E-state index is 12.1. The van der Waals surface area contributed by atoms with Crippen molar-refractivity contribution >= 4 is 17.7 Å². The summed E-state index contributed by atoms with van der Waals surface area (Å²) in [5, 5.41) is 20.4. The fourth-order valence-corrected chi connectivity index (χ4v) is 1.91. The Morgan fingerprint density at radius 1 is 1.42 bits per heavy atom. The SMILES string of the molecule is CCCCn1nnnc1COC(=O)C(C#N)=Cc1ccc(N)cc1. The molecule has 0 saturated heterocycles. The molecule has 0 saturated carbocycles. The molecule has 0 aliphatic heterocycles. The van der Waals surface area contributed by atoms with E-state index in [1.54, 1.807) is 28.9 Å². The Labute approximate surface area is 139 Å². The highest BCUT2D eigenvalue weighted by Crippen LogP contribution is 2.11. The summed E-state index contributed by atoms with van der Waals surface area (Å²) in [5.41, 5.74) is 6.79. The van der Waals surface area contributed by atoms with Crippen LogP contribution in [0.25, 0.3) is 6.08 Å². The van der Waals surface area contributed by atoms with Gasteiger partial charge in [-0.2, -0.15) is 5.26 Å². The molecule has 1 heterocycles. The number of ether oxygens (including phenoxy) is 1. The number of benzene rings is 1.